The van der Waals surface area contributed by atoms with Crippen LogP contribution in [0.2, 0.25) is 0 Å². The SMILES string of the molecule is CCC(Nc1nc(F)nc2nc[nH]c12)C1=Nc2cccc(F)c2SN1c1ccccc1. The molecule has 0 radical (unpaired) electrons. The quantitative estimate of drug-likeness (QED) is 0.335. The van der Waals surface area contributed by atoms with Gasteiger partial charge >= 0.3 is 6.08 Å². The van der Waals surface area contributed by atoms with E-state index >= 15 is 0 Å². The third kappa shape index (κ3) is 3.59. The number of anilines is 2. The summed E-state index contributed by atoms with van der Waals surface area (Å²) in [6.07, 6.45) is 1.19. The van der Waals surface area contributed by atoms with Gasteiger partial charge < -0.3 is 10.3 Å². The van der Waals surface area contributed by atoms with E-state index in [0.29, 0.717) is 28.4 Å². The highest BCUT2D eigenvalue weighted by atomic mass is 32.2. The fourth-order valence-electron chi connectivity index (χ4n) is 3.38. The van der Waals surface area contributed by atoms with Crippen molar-refractivity contribution in [1.82, 2.24) is 19.9 Å². The van der Waals surface area contributed by atoms with E-state index in [2.05, 4.69) is 25.3 Å². The van der Waals surface area contributed by atoms with E-state index in [-0.39, 0.29) is 23.3 Å². The zero-order valence-corrected chi connectivity index (χ0v) is 17.2. The van der Waals surface area contributed by atoms with Crippen molar-refractivity contribution < 1.29 is 8.78 Å². The van der Waals surface area contributed by atoms with Gasteiger partial charge in [0.2, 0.25) is 0 Å². The van der Waals surface area contributed by atoms with Gasteiger partial charge in [0, 0.05) is 0 Å². The molecular weight excluding hydrogens is 420 g/mol. The normalized spacial score (nSPS) is 14.3. The highest BCUT2D eigenvalue weighted by Crippen LogP contribution is 2.42. The topological polar surface area (TPSA) is 82.1 Å². The van der Waals surface area contributed by atoms with Crippen molar-refractivity contribution in [3.05, 3.63) is 66.8 Å². The number of para-hydroxylation sites is 1. The fourth-order valence-corrected chi connectivity index (χ4v) is 4.41. The molecule has 4 aromatic rings. The minimum absolute atomic E-state index is 0.233. The van der Waals surface area contributed by atoms with E-state index in [9.17, 15) is 8.78 Å². The van der Waals surface area contributed by atoms with E-state index in [1.165, 1.54) is 24.3 Å². The van der Waals surface area contributed by atoms with E-state index < -0.39 is 6.08 Å². The number of aromatic nitrogens is 4. The summed E-state index contributed by atoms with van der Waals surface area (Å²) in [4.78, 5) is 19.8. The van der Waals surface area contributed by atoms with Crippen molar-refractivity contribution in [3.63, 3.8) is 0 Å². The summed E-state index contributed by atoms with van der Waals surface area (Å²) in [6.45, 7) is 1.98. The summed E-state index contributed by atoms with van der Waals surface area (Å²) in [5, 5.41) is 3.27. The van der Waals surface area contributed by atoms with Crippen molar-refractivity contribution in [2.45, 2.75) is 24.3 Å². The van der Waals surface area contributed by atoms with Crippen LogP contribution in [0.3, 0.4) is 0 Å². The lowest BCUT2D eigenvalue weighted by atomic mass is 10.1. The summed E-state index contributed by atoms with van der Waals surface area (Å²) in [5.74, 6) is 0.616. The Bertz CT molecular complexity index is 1280. The molecule has 2 aromatic carbocycles. The third-order valence-corrected chi connectivity index (χ3v) is 6.02. The van der Waals surface area contributed by atoms with Gasteiger partial charge in [-0.2, -0.15) is 14.4 Å². The first-order chi connectivity index (χ1) is 15.1. The van der Waals surface area contributed by atoms with Gasteiger partial charge in [0.1, 0.15) is 17.2 Å². The molecule has 0 bridgehead atoms. The maximum atomic E-state index is 14.5. The number of H-pyrrole nitrogens is 1. The fraction of sp³-hybridized carbons (Fsp3) is 0.143. The molecule has 10 heteroatoms. The summed E-state index contributed by atoms with van der Waals surface area (Å²) < 4.78 is 30.3. The molecule has 1 aliphatic heterocycles. The number of nitrogens with zero attached hydrogens (tertiary/aromatic N) is 5. The number of hydrogen-bond donors (Lipinski definition) is 2. The second kappa shape index (κ2) is 7.95. The second-order valence-corrected chi connectivity index (χ2v) is 7.78. The van der Waals surface area contributed by atoms with Gasteiger partial charge in [-0.05, 0) is 42.6 Å². The van der Waals surface area contributed by atoms with Crippen molar-refractivity contribution in [3.8, 4) is 0 Å². The molecule has 2 N–H and O–H groups in total. The Balaban J connectivity index is 1.60. The van der Waals surface area contributed by atoms with Crippen LogP contribution < -0.4 is 9.62 Å². The molecule has 1 atom stereocenters. The van der Waals surface area contributed by atoms with Crippen LogP contribution in [0.4, 0.5) is 26.0 Å². The predicted octanol–water partition coefficient (Wildman–Crippen LogP) is 5.08. The van der Waals surface area contributed by atoms with Crippen LogP contribution in [0.5, 0.6) is 0 Å². The summed E-state index contributed by atoms with van der Waals surface area (Å²) in [7, 11) is 0. The monoisotopic (exact) mass is 437 g/mol. The Kier molecular flexibility index (Phi) is 4.99. The Labute approximate surface area is 180 Å². The van der Waals surface area contributed by atoms with E-state index in [1.54, 1.807) is 12.1 Å². The molecule has 0 fully saturated rings. The van der Waals surface area contributed by atoms with Crippen LogP contribution in [0.15, 0.2) is 64.7 Å². The van der Waals surface area contributed by atoms with Crippen molar-refractivity contribution in [2.24, 2.45) is 4.99 Å². The van der Waals surface area contributed by atoms with Gasteiger partial charge in [0.15, 0.2) is 11.5 Å². The Morgan fingerprint density at radius 2 is 1.94 bits per heavy atom. The van der Waals surface area contributed by atoms with Crippen molar-refractivity contribution in [2.75, 3.05) is 9.62 Å². The van der Waals surface area contributed by atoms with Crippen LogP contribution in [-0.2, 0) is 0 Å². The lowest BCUT2D eigenvalue weighted by Crippen LogP contribution is -2.41. The molecule has 0 aliphatic carbocycles. The van der Waals surface area contributed by atoms with E-state index in [0.717, 1.165) is 5.69 Å². The minimum Gasteiger partial charge on any atom is -0.358 e. The molecule has 0 saturated heterocycles. The van der Waals surface area contributed by atoms with Gasteiger partial charge in [-0.25, -0.2) is 14.4 Å². The molecular formula is C21H17F2N7S. The first kappa shape index (κ1) is 19.4. The number of fused-ring (bicyclic) bond motifs is 2. The number of halogens is 2. The third-order valence-electron chi connectivity index (χ3n) is 4.85. The van der Waals surface area contributed by atoms with Gasteiger partial charge in [0.05, 0.1) is 28.6 Å². The number of aliphatic imine (C=N–C) groups is 1. The highest BCUT2D eigenvalue weighted by Gasteiger charge is 2.30. The Hall–Kier alpha value is -3.53. The number of amidine groups is 1. The van der Waals surface area contributed by atoms with E-state index in [4.69, 9.17) is 4.99 Å². The lowest BCUT2D eigenvalue weighted by Gasteiger charge is -2.33. The summed E-state index contributed by atoms with van der Waals surface area (Å²) >= 11 is 1.27. The number of nitrogens with one attached hydrogen (secondary N) is 2. The average Bonchev–Trinajstić information content (AvgIpc) is 3.26. The Morgan fingerprint density at radius 1 is 1.10 bits per heavy atom. The van der Waals surface area contributed by atoms with Crippen LogP contribution in [0.25, 0.3) is 11.2 Å². The molecule has 7 nitrogen and oxygen atoms in total. The molecule has 31 heavy (non-hydrogen) atoms. The maximum absolute atomic E-state index is 14.5. The standard InChI is InChI=1S/C21H17F2N7S/c1-2-14(26-19-16-18(25-11-24-16)28-21(23)29-19)20-27-15-10-6-9-13(22)17(15)31-30(20)12-7-4-3-5-8-12/h3-11,14H,2H2,1H3,(H2,24,25,26,28,29). The lowest BCUT2D eigenvalue weighted by molar-refractivity contribution is 0.544. The van der Waals surface area contributed by atoms with Crippen molar-refractivity contribution in [1.29, 1.82) is 0 Å². The van der Waals surface area contributed by atoms with Gasteiger partial charge in [-0.3, -0.25) is 4.31 Å². The largest absolute Gasteiger partial charge is 0.358 e. The summed E-state index contributed by atoms with van der Waals surface area (Å²) in [5.41, 5.74) is 2.13. The van der Waals surface area contributed by atoms with Crippen LogP contribution >= 0.6 is 11.9 Å². The maximum Gasteiger partial charge on any atom is 0.312 e. The van der Waals surface area contributed by atoms with Gasteiger partial charge in [-0.15, -0.1) is 0 Å². The number of hydrogen-bond acceptors (Lipinski definition) is 7. The van der Waals surface area contributed by atoms with Crippen LogP contribution in [0, 0.1) is 11.9 Å². The van der Waals surface area contributed by atoms with Crippen molar-refractivity contribution >= 4 is 46.1 Å². The minimum atomic E-state index is -0.871. The summed E-state index contributed by atoms with van der Waals surface area (Å²) in [6, 6.07) is 14.1. The van der Waals surface area contributed by atoms with Crippen LogP contribution in [-0.4, -0.2) is 31.8 Å². The molecule has 3 heterocycles. The average molecular weight is 437 g/mol. The molecule has 1 unspecified atom stereocenters. The predicted molar refractivity (Wildman–Crippen MR) is 118 cm³/mol. The molecule has 0 amide bonds. The molecule has 156 valence electrons. The van der Waals surface area contributed by atoms with Gasteiger partial charge in [-0.1, -0.05) is 31.2 Å². The molecule has 0 saturated carbocycles. The number of rotatable bonds is 5. The first-order valence-corrected chi connectivity index (χ1v) is 10.4. The number of benzene rings is 2. The molecule has 1 aliphatic rings. The van der Waals surface area contributed by atoms with Gasteiger partial charge in [0.25, 0.3) is 0 Å². The second-order valence-electron chi connectivity index (χ2n) is 6.83. The Morgan fingerprint density at radius 3 is 2.74 bits per heavy atom. The molecule has 5 rings (SSSR count). The first-order valence-electron chi connectivity index (χ1n) is 9.67. The molecule has 2 aromatic heterocycles. The molecule has 0 spiro atoms. The zero-order chi connectivity index (χ0) is 21.4. The smallest absolute Gasteiger partial charge is 0.312 e. The highest BCUT2D eigenvalue weighted by molar-refractivity contribution is 8.01. The van der Waals surface area contributed by atoms with E-state index in [1.807, 2.05) is 41.6 Å². The number of aromatic amines is 1. The zero-order valence-electron chi connectivity index (χ0n) is 16.4. The van der Waals surface area contributed by atoms with Crippen LogP contribution in [0.1, 0.15) is 13.3 Å². The number of imidazole rings is 1.